The summed E-state index contributed by atoms with van der Waals surface area (Å²) in [5.41, 5.74) is 1.97. The summed E-state index contributed by atoms with van der Waals surface area (Å²) in [7, 11) is 1.33. The van der Waals surface area contributed by atoms with Crippen LogP contribution in [-0.2, 0) is 9.53 Å². The van der Waals surface area contributed by atoms with Gasteiger partial charge < -0.3 is 20.1 Å². The fraction of sp³-hybridized carbons (Fsp3) is 0.130. The van der Waals surface area contributed by atoms with Gasteiger partial charge in [-0.05, 0) is 60.7 Å². The van der Waals surface area contributed by atoms with Gasteiger partial charge in [-0.3, -0.25) is 4.79 Å². The predicted octanol–water partition coefficient (Wildman–Crippen LogP) is 4.71. The highest BCUT2D eigenvalue weighted by molar-refractivity contribution is 5.93. The summed E-state index contributed by atoms with van der Waals surface area (Å²) in [5, 5.41) is 6.00. The van der Waals surface area contributed by atoms with Crippen LogP contribution in [0.5, 0.6) is 11.5 Å². The van der Waals surface area contributed by atoms with Crippen molar-refractivity contribution in [3.63, 3.8) is 0 Å². The molecule has 2 N–H and O–H groups in total. The summed E-state index contributed by atoms with van der Waals surface area (Å²) < 4.78 is 10.4. The van der Waals surface area contributed by atoms with Gasteiger partial charge >= 0.3 is 5.97 Å². The predicted molar refractivity (Wildman–Crippen MR) is 112 cm³/mol. The van der Waals surface area contributed by atoms with Crippen molar-refractivity contribution in [2.45, 2.75) is 6.42 Å². The smallest absolute Gasteiger partial charge is 0.337 e. The normalized spacial score (nSPS) is 10.1. The maximum Gasteiger partial charge on any atom is 0.337 e. The van der Waals surface area contributed by atoms with Crippen LogP contribution in [0.2, 0.25) is 0 Å². The first-order chi connectivity index (χ1) is 14.1. The molecule has 0 radical (unpaired) electrons. The number of methoxy groups -OCH3 is 1. The van der Waals surface area contributed by atoms with Crippen LogP contribution < -0.4 is 15.4 Å². The Balaban J connectivity index is 1.42. The summed E-state index contributed by atoms with van der Waals surface area (Å²) in [4.78, 5) is 23.5. The second-order valence-corrected chi connectivity index (χ2v) is 6.23. The highest BCUT2D eigenvalue weighted by atomic mass is 16.5. The molecule has 0 aliphatic rings. The molecule has 0 aliphatic carbocycles. The molecular weight excluding hydrogens is 368 g/mol. The van der Waals surface area contributed by atoms with Gasteiger partial charge in [0.1, 0.15) is 11.5 Å². The van der Waals surface area contributed by atoms with Gasteiger partial charge in [-0.25, -0.2) is 4.79 Å². The van der Waals surface area contributed by atoms with E-state index >= 15 is 0 Å². The summed E-state index contributed by atoms with van der Waals surface area (Å²) in [6.07, 6.45) is 0.307. The van der Waals surface area contributed by atoms with E-state index in [4.69, 9.17) is 4.74 Å². The number of esters is 1. The zero-order valence-electron chi connectivity index (χ0n) is 16.1. The zero-order chi connectivity index (χ0) is 20.5. The average Bonchev–Trinajstić information content (AvgIpc) is 2.76. The van der Waals surface area contributed by atoms with E-state index in [1.54, 1.807) is 24.3 Å². The molecule has 0 aliphatic heterocycles. The number of amides is 1. The number of hydrogen-bond acceptors (Lipinski definition) is 5. The fourth-order valence-electron chi connectivity index (χ4n) is 2.62. The number of anilines is 2. The van der Waals surface area contributed by atoms with Crippen molar-refractivity contribution in [2.75, 3.05) is 24.3 Å². The molecule has 0 fully saturated rings. The monoisotopic (exact) mass is 390 g/mol. The second-order valence-electron chi connectivity index (χ2n) is 6.23. The minimum Gasteiger partial charge on any atom is -0.465 e. The van der Waals surface area contributed by atoms with Crippen molar-refractivity contribution in [1.82, 2.24) is 0 Å². The quantitative estimate of drug-likeness (QED) is 0.545. The summed E-state index contributed by atoms with van der Waals surface area (Å²) in [6.45, 7) is 0.491. The Morgan fingerprint density at radius 2 is 1.41 bits per heavy atom. The number of carbonyl (C=O) groups excluding carboxylic acids is 2. The van der Waals surface area contributed by atoms with Crippen LogP contribution in [0.15, 0.2) is 78.9 Å². The zero-order valence-corrected chi connectivity index (χ0v) is 16.1. The Morgan fingerprint density at radius 1 is 0.793 bits per heavy atom. The number of carbonyl (C=O) groups is 2. The fourth-order valence-corrected chi connectivity index (χ4v) is 2.62. The first-order valence-corrected chi connectivity index (χ1v) is 9.19. The van der Waals surface area contributed by atoms with E-state index in [1.165, 1.54) is 7.11 Å². The van der Waals surface area contributed by atoms with Crippen molar-refractivity contribution in [3.05, 3.63) is 84.4 Å². The minimum absolute atomic E-state index is 0.118. The third-order valence-corrected chi connectivity index (χ3v) is 4.10. The Kier molecular flexibility index (Phi) is 6.84. The van der Waals surface area contributed by atoms with Crippen LogP contribution in [0.25, 0.3) is 0 Å². The van der Waals surface area contributed by atoms with Crippen LogP contribution >= 0.6 is 0 Å². The summed E-state index contributed by atoms with van der Waals surface area (Å²) in [5.74, 6) is 0.999. The molecule has 0 saturated carbocycles. The van der Waals surface area contributed by atoms with Gasteiger partial charge in [-0.15, -0.1) is 0 Å². The van der Waals surface area contributed by atoms with Crippen molar-refractivity contribution < 1.29 is 19.1 Å². The second kappa shape index (κ2) is 9.94. The lowest BCUT2D eigenvalue weighted by Crippen LogP contribution is -2.16. The lowest BCUT2D eigenvalue weighted by Gasteiger charge is -2.09. The van der Waals surface area contributed by atoms with E-state index < -0.39 is 5.97 Å². The molecule has 0 heterocycles. The lowest BCUT2D eigenvalue weighted by molar-refractivity contribution is -0.115. The molecule has 0 spiro atoms. The van der Waals surface area contributed by atoms with E-state index in [0.717, 1.165) is 17.2 Å². The molecule has 3 aromatic rings. The van der Waals surface area contributed by atoms with E-state index in [1.807, 2.05) is 54.6 Å². The van der Waals surface area contributed by atoms with Crippen LogP contribution in [0.4, 0.5) is 11.4 Å². The molecule has 0 atom stereocenters. The third-order valence-electron chi connectivity index (χ3n) is 4.10. The Hall–Kier alpha value is -3.80. The Bertz CT molecular complexity index is 939. The molecule has 0 saturated heterocycles. The van der Waals surface area contributed by atoms with E-state index in [9.17, 15) is 9.59 Å². The van der Waals surface area contributed by atoms with E-state index in [-0.39, 0.29) is 5.91 Å². The van der Waals surface area contributed by atoms with E-state index in [0.29, 0.717) is 24.2 Å². The first-order valence-electron chi connectivity index (χ1n) is 9.19. The van der Waals surface area contributed by atoms with Crippen molar-refractivity contribution in [1.29, 1.82) is 0 Å². The largest absolute Gasteiger partial charge is 0.465 e. The molecule has 3 aromatic carbocycles. The number of ether oxygens (including phenoxy) is 2. The molecule has 6 nitrogen and oxygen atoms in total. The SMILES string of the molecule is COC(=O)c1ccc(NC(=O)CCNc2ccc(Oc3ccccc3)cc2)cc1. The maximum absolute atomic E-state index is 12.1. The van der Waals surface area contributed by atoms with Gasteiger partial charge in [-0.2, -0.15) is 0 Å². The molecule has 0 bridgehead atoms. The van der Waals surface area contributed by atoms with Crippen LogP contribution in [0.1, 0.15) is 16.8 Å². The van der Waals surface area contributed by atoms with Gasteiger partial charge in [0.05, 0.1) is 12.7 Å². The van der Waals surface area contributed by atoms with Crippen LogP contribution in [-0.4, -0.2) is 25.5 Å². The Morgan fingerprint density at radius 3 is 2.07 bits per heavy atom. The summed E-state index contributed by atoms with van der Waals surface area (Å²) >= 11 is 0. The molecule has 6 heteroatoms. The highest BCUT2D eigenvalue weighted by Gasteiger charge is 2.06. The Labute approximate surface area is 169 Å². The van der Waals surface area contributed by atoms with Crippen LogP contribution in [0, 0.1) is 0 Å². The highest BCUT2D eigenvalue weighted by Crippen LogP contribution is 2.22. The van der Waals surface area contributed by atoms with Crippen molar-refractivity contribution in [3.8, 4) is 11.5 Å². The standard InChI is InChI=1S/C23H22N2O4/c1-28-23(27)17-7-9-19(10-8-17)25-22(26)15-16-24-18-11-13-21(14-12-18)29-20-5-3-2-4-6-20/h2-14,24H,15-16H2,1H3,(H,25,26). The van der Waals surface area contributed by atoms with Gasteiger partial charge in [0.2, 0.25) is 5.91 Å². The first kappa shape index (κ1) is 19.9. The minimum atomic E-state index is -0.410. The van der Waals surface area contributed by atoms with Gasteiger partial charge in [0.15, 0.2) is 0 Å². The number of rotatable bonds is 8. The third kappa shape index (κ3) is 6.10. The molecular formula is C23H22N2O4. The van der Waals surface area contributed by atoms with E-state index in [2.05, 4.69) is 15.4 Å². The summed E-state index contributed by atoms with van der Waals surface area (Å²) in [6, 6.07) is 23.7. The van der Waals surface area contributed by atoms with Crippen LogP contribution in [0.3, 0.4) is 0 Å². The number of benzene rings is 3. The van der Waals surface area contributed by atoms with Crippen molar-refractivity contribution in [2.24, 2.45) is 0 Å². The maximum atomic E-state index is 12.1. The number of nitrogens with one attached hydrogen (secondary N) is 2. The number of hydrogen-bond donors (Lipinski definition) is 2. The van der Waals surface area contributed by atoms with Gasteiger partial charge in [-0.1, -0.05) is 18.2 Å². The van der Waals surface area contributed by atoms with Gasteiger partial charge in [0, 0.05) is 24.3 Å². The van der Waals surface area contributed by atoms with Gasteiger partial charge in [0.25, 0.3) is 0 Å². The number of para-hydroxylation sites is 1. The lowest BCUT2D eigenvalue weighted by atomic mass is 10.2. The topological polar surface area (TPSA) is 76.7 Å². The molecule has 0 aromatic heterocycles. The van der Waals surface area contributed by atoms with Crippen molar-refractivity contribution >= 4 is 23.3 Å². The molecule has 148 valence electrons. The average molecular weight is 390 g/mol. The molecule has 3 rings (SSSR count). The molecule has 0 unspecified atom stereocenters. The molecule has 1 amide bonds. The molecule has 29 heavy (non-hydrogen) atoms.